The number of anilines is 1. The highest BCUT2D eigenvalue weighted by Crippen LogP contribution is 2.16. The third-order valence-electron chi connectivity index (χ3n) is 4.63. The van der Waals surface area contributed by atoms with Crippen LogP contribution in [0.25, 0.3) is 0 Å². The quantitative estimate of drug-likeness (QED) is 0.873. The Morgan fingerprint density at radius 1 is 1.17 bits per heavy atom. The molecule has 0 saturated carbocycles. The number of likely N-dealkylation sites (N-methyl/N-ethyl adjacent to an activating group) is 1. The van der Waals surface area contributed by atoms with Gasteiger partial charge in [-0.3, -0.25) is 4.98 Å². The predicted octanol–water partition coefficient (Wildman–Crippen LogP) is 0.793. The van der Waals surface area contributed by atoms with Crippen LogP contribution in [0.15, 0.2) is 18.6 Å². The zero-order valence-corrected chi connectivity index (χ0v) is 13.8. The summed E-state index contributed by atoms with van der Waals surface area (Å²) < 4.78 is 0. The van der Waals surface area contributed by atoms with E-state index in [0.717, 1.165) is 64.3 Å². The molecule has 23 heavy (non-hydrogen) atoms. The van der Waals surface area contributed by atoms with Crippen LogP contribution < -0.4 is 10.2 Å². The molecule has 1 aromatic rings. The van der Waals surface area contributed by atoms with E-state index in [1.807, 2.05) is 4.90 Å². The summed E-state index contributed by atoms with van der Waals surface area (Å²) in [5.41, 5.74) is 0. The first-order chi connectivity index (χ1) is 11.2. The Kier molecular flexibility index (Phi) is 5.27. The van der Waals surface area contributed by atoms with E-state index < -0.39 is 0 Å². The molecule has 3 heterocycles. The normalized spacial score (nSPS) is 23.4. The number of hydrogen-bond donors (Lipinski definition) is 1. The van der Waals surface area contributed by atoms with Gasteiger partial charge in [0, 0.05) is 51.2 Å². The molecule has 2 amide bonds. The maximum absolute atomic E-state index is 12.5. The van der Waals surface area contributed by atoms with Gasteiger partial charge in [0.25, 0.3) is 0 Å². The second-order valence-corrected chi connectivity index (χ2v) is 6.44. The van der Waals surface area contributed by atoms with Gasteiger partial charge in [-0.15, -0.1) is 0 Å². The van der Waals surface area contributed by atoms with Crippen LogP contribution in [0.1, 0.15) is 19.3 Å². The smallest absolute Gasteiger partial charge is 0.317 e. The molecule has 7 heteroatoms. The molecule has 2 saturated heterocycles. The average Bonchev–Trinajstić information content (AvgIpc) is 2.81. The fraction of sp³-hybridized carbons (Fsp3) is 0.688. The van der Waals surface area contributed by atoms with E-state index in [-0.39, 0.29) is 12.1 Å². The Morgan fingerprint density at radius 3 is 2.91 bits per heavy atom. The molecule has 0 radical (unpaired) electrons. The van der Waals surface area contributed by atoms with Crippen LogP contribution in [-0.4, -0.2) is 78.2 Å². The van der Waals surface area contributed by atoms with Crippen LogP contribution in [-0.2, 0) is 0 Å². The summed E-state index contributed by atoms with van der Waals surface area (Å²) in [5.74, 6) is 0.892. The van der Waals surface area contributed by atoms with E-state index >= 15 is 0 Å². The van der Waals surface area contributed by atoms with Crippen molar-refractivity contribution in [2.24, 2.45) is 0 Å². The van der Waals surface area contributed by atoms with Crippen molar-refractivity contribution in [1.29, 1.82) is 0 Å². The van der Waals surface area contributed by atoms with Crippen molar-refractivity contribution in [2.75, 3.05) is 51.2 Å². The van der Waals surface area contributed by atoms with Crippen molar-refractivity contribution in [3.63, 3.8) is 0 Å². The molecule has 1 N–H and O–H groups in total. The largest absolute Gasteiger partial charge is 0.353 e. The Morgan fingerprint density at radius 2 is 2.09 bits per heavy atom. The summed E-state index contributed by atoms with van der Waals surface area (Å²) in [5, 5.41) is 3.21. The molecule has 0 bridgehead atoms. The van der Waals surface area contributed by atoms with Gasteiger partial charge in [0.15, 0.2) is 0 Å². The van der Waals surface area contributed by atoms with E-state index in [1.54, 1.807) is 18.6 Å². The highest BCUT2D eigenvalue weighted by molar-refractivity contribution is 5.74. The van der Waals surface area contributed by atoms with E-state index in [4.69, 9.17) is 0 Å². The first kappa shape index (κ1) is 16.0. The highest BCUT2D eigenvalue weighted by Gasteiger charge is 2.25. The molecule has 0 spiro atoms. The second-order valence-electron chi connectivity index (χ2n) is 6.44. The lowest BCUT2D eigenvalue weighted by Crippen LogP contribution is -2.52. The molecule has 126 valence electrons. The van der Waals surface area contributed by atoms with Crippen molar-refractivity contribution in [2.45, 2.75) is 25.3 Å². The molecular weight excluding hydrogens is 292 g/mol. The number of nitrogens with one attached hydrogen (secondary N) is 1. The van der Waals surface area contributed by atoms with E-state index in [1.165, 1.54) is 0 Å². The molecule has 7 nitrogen and oxygen atoms in total. The van der Waals surface area contributed by atoms with Crippen LogP contribution in [0.4, 0.5) is 10.6 Å². The number of rotatable bonds is 2. The number of aromatic nitrogens is 2. The maximum atomic E-state index is 12.5. The van der Waals surface area contributed by atoms with Crippen LogP contribution in [0.2, 0.25) is 0 Å². The molecular formula is C16H26N6O. The molecule has 0 aromatic carbocycles. The van der Waals surface area contributed by atoms with Crippen molar-refractivity contribution in [3.05, 3.63) is 18.6 Å². The van der Waals surface area contributed by atoms with Crippen molar-refractivity contribution in [1.82, 2.24) is 25.1 Å². The number of urea groups is 1. The molecule has 1 atom stereocenters. The zero-order chi connectivity index (χ0) is 16.1. The number of piperidine rings is 1. The third-order valence-corrected chi connectivity index (χ3v) is 4.63. The van der Waals surface area contributed by atoms with E-state index in [2.05, 4.69) is 32.1 Å². The summed E-state index contributed by atoms with van der Waals surface area (Å²) in [6.45, 7) is 5.44. The Balaban J connectivity index is 1.54. The predicted molar refractivity (Wildman–Crippen MR) is 89.5 cm³/mol. The fourth-order valence-corrected chi connectivity index (χ4v) is 3.27. The highest BCUT2D eigenvalue weighted by atomic mass is 16.2. The van der Waals surface area contributed by atoms with Crippen molar-refractivity contribution >= 4 is 11.8 Å². The van der Waals surface area contributed by atoms with Gasteiger partial charge < -0.3 is 20.0 Å². The minimum absolute atomic E-state index is 0.0753. The standard InChI is InChI=1S/C16H26N6O/c1-20-7-3-9-21(11-10-20)16(23)19-14-4-2-8-22(13-14)15-12-17-5-6-18-15/h5-6,12,14H,2-4,7-11,13H2,1H3,(H,19,23)/t14-/m1/s1. The monoisotopic (exact) mass is 318 g/mol. The first-order valence-electron chi connectivity index (χ1n) is 8.47. The Labute approximate surface area is 137 Å². The molecule has 1 aromatic heterocycles. The molecule has 0 unspecified atom stereocenters. The molecule has 2 aliphatic rings. The second kappa shape index (κ2) is 7.59. The summed E-state index contributed by atoms with van der Waals surface area (Å²) in [6.07, 6.45) is 8.31. The number of nitrogens with zero attached hydrogens (tertiary/aromatic N) is 5. The van der Waals surface area contributed by atoms with Gasteiger partial charge in [0.1, 0.15) is 5.82 Å². The van der Waals surface area contributed by atoms with Crippen LogP contribution >= 0.6 is 0 Å². The van der Waals surface area contributed by atoms with Gasteiger partial charge in [-0.05, 0) is 32.9 Å². The fourth-order valence-electron chi connectivity index (χ4n) is 3.27. The minimum atomic E-state index is 0.0753. The van der Waals surface area contributed by atoms with Crippen LogP contribution in [0, 0.1) is 0 Å². The Bertz CT molecular complexity index is 511. The van der Waals surface area contributed by atoms with E-state index in [0.29, 0.717) is 0 Å². The summed E-state index contributed by atoms with van der Waals surface area (Å²) >= 11 is 0. The number of carbonyl (C=O) groups is 1. The third kappa shape index (κ3) is 4.31. The van der Waals surface area contributed by atoms with Crippen molar-refractivity contribution < 1.29 is 4.79 Å². The van der Waals surface area contributed by atoms with E-state index in [9.17, 15) is 4.79 Å². The van der Waals surface area contributed by atoms with Gasteiger partial charge in [0.2, 0.25) is 0 Å². The summed E-state index contributed by atoms with van der Waals surface area (Å²) in [4.78, 5) is 27.4. The first-order valence-corrected chi connectivity index (χ1v) is 8.47. The van der Waals surface area contributed by atoms with Gasteiger partial charge in [-0.1, -0.05) is 0 Å². The SMILES string of the molecule is CN1CCCN(C(=O)N[C@@H]2CCCN(c3cnccn3)C2)CC1. The molecule has 0 aliphatic carbocycles. The molecule has 2 fully saturated rings. The van der Waals surface area contributed by atoms with Crippen LogP contribution in [0.5, 0.6) is 0 Å². The zero-order valence-electron chi connectivity index (χ0n) is 13.8. The maximum Gasteiger partial charge on any atom is 0.317 e. The minimum Gasteiger partial charge on any atom is -0.353 e. The Hall–Kier alpha value is -1.89. The summed E-state index contributed by atoms with van der Waals surface area (Å²) in [7, 11) is 2.11. The average molecular weight is 318 g/mol. The number of carbonyl (C=O) groups excluding carboxylic acids is 1. The molecule has 3 rings (SSSR count). The van der Waals surface area contributed by atoms with Crippen molar-refractivity contribution in [3.8, 4) is 0 Å². The molecule has 2 aliphatic heterocycles. The van der Waals surface area contributed by atoms with Gasteiger partial charge in [-0.25, -0.2) is 9.78 Å². The summed E-state index contributed by atoms with van der Waals surface area (Å²) in [6, 6.07) is 0.255. The van der Waals surface area contributed by atoms with Gasteiger partial charge in [0.05, 0.1) is 6.20 Å². The number of amides is 2. The number of hydrogen-bond acceptors (Lipinski definition) is 5. The lowest BCUT2D eigenvalue weighted by atomic mass is 10.1. The van der Waals surface area contributed by atoms with Gasteiger partial charge >= 0.3 is 6.03 Å². The van der Waals surface area contributed by atoms with Gasteiger partial charge in [-0.2, -0.15) is 0 Å². The topological polar surface area (TPSA) is 64.6 Å². The van der Waals surface area contributed by atoms with Crippen LogP contribution in [0.3, 0.4) is 0 Å². The lowest BCUT2D eigenvalue weighted by molar-refractivity contribution is 0.193. The lowest BCUT2D eigenvalue weighted by Gasteiger charge is -2.34.